The fraction of sp³-hybridized carbons (Fsp3) is 0.0769. The minimum atomic E-state index is -1.20. The van der Waals surface area contributed by atoms with Crippen LogP contribution in [0.4, 0.5) is 0 Å². The van der Waals surface area contributed by atoms with Crippen molar-refractivity contribution >= 4 is 21.6 Å². The van der Waals surface area contributed by atoms with Gasteiger partial charge in [-0.25, -0.2) is 8.42 Å². The highest BCUT2D eigenvalue weighted by molar-refractivity contribution is 7.85. The second kappa shape index (κ2) is 8.90. The molecule has 0 radical (unpaired) electrons. The minimum absolute atomic E-state index is 0.779. The molecule has 4 heteroatoms. The Morgan fingerprint density at radius 2 is 1.03 bits per heavy atom. The first kappa shape index (κ1) is 20.5. The zero-order chi connectivity index (χ0) is 21.1. The van der Waals surface area contributed by atoms with Gasteiger partial charge in [0.05, 0.1) is 21.6 Å². The van der Waals surface area contributed by atoms with Crippen LogP contribution in [0, 0.1) is 13.8 Å². The summed E-state index contributed by atoms with van der Waals surface area (Å²) >= 11 is 0. The fourth-order valence-electron chi connectivity index (χ4n) is 3.41. The van der Waals surface area contributed by atoms with Crippen LogP contribution in [-0.2, 0) is 21.6 Å². The van der Waals surface area contributed by atoms with Crippen molar-refractivity contribution < 1.29 is 8.42 Å². The van der Waals surface area contributed by atoms with Crippen molar-refractivity contribution in [2.75, 3.05) is 0 Å². The SMILES string of the molecule is Cc1cc(S(=O)c2ccccc2)c(C)cc1-c1ccc(S(=O)c2ccccc2)cc1. The second-order valence-corrected chi connectivity index (χ2v) is 10.0. The number of aryl methyl sites for hydroxylation is 2. The first-order valence-corrected chi connectivity index (χ1v) is 12.0. The maximum absolute atomic E-state index is 13.0. The molecule has 0 spiro atoms. The minimum Gasteiger partial charge on any atom is -0.249 e. The van der Waals surface area contributed by atoms with Gasteiger partial charge in [-0.05, 0) is 84.6 Å². The van der Waals surface area contributed by atoms with Gasteiger partial charge in [0.1, 0.15) is 0 Å². The van der Waals surface area contributed by atoms with Crippen LogP contribution in [0.25, 0.3) is 11.1 Å². The molecule has 0 aliphatic rings. The van der Waals surface area contributed by atoms with Crippen LogP contribution in [0.15, 0.2) is 117 Å². The van der Waals surface area contributed by atoms with Gasteiger partial charge in [-0.15, -0.1) is 0 Å². The summed E-state index contributed by atoms with van der Waals surface area (Å²) in [5, 5.41) is 0. The van der Waals surface area contributed by atoms with Crippen molar-refractivity contribution in [2.45, 2.75) is 33.4 Å². The van der Waals surface area contributed by atoms with Crippen molar-refractivity contribution in [1.82, 2.24) is 0 Å². The zero-order valence-electron chi connectivity index (χ0n) is 16.9. The van der Waals surface area contributed by atoms with Gasteiger partial charge < -0.3 is 0 Å². The molecule has 2 nitrogen and oxygen atoms in total. The lowest BCUT2D eigenvalue weighted by atomic mass is 9.98. The smallest absolute Gasteiger partial charge is 0.0852 e. The number of rotatable bonds is 5. The van der Waals surface area contributed by atoms with Crippen LogP contribution in [0.5, 0.6) is 0 Å². The first-order chi connectivity index (χ1) is 14.5. The van der Waals surface area contributed by atoms with Crippen LogP contribution >= 0.6 is 0 Å². The first-order valence-electron chi connectivity index (χ1n) is 9.70. The maximum Gasteiger partial charge on any atom is 0.0852 e. The topological polar surface area (TPSA) is 34.1 Å². The molecule has 0 fully saturated rings. The van der Waals surface area contributed by atoms with Gasteiger partial charge in [0, 0.05) is 19.6 Å². The molecule has 4 aromatic carbocycles. The van der Waals surface area contributed by atoms with Crippen LogP contribution in [-0.4, -0.2) is 8.42 Å². The van der Waals surface area contributed by atoms with E-state index in [-0.39, 0.29) is 0 Å². The summed E-state index contributed by atoms with van der Waals surface area (Å²) in [6, 6.07) is 31.0. The molecule has 0 amide bonds. The van der Waals surface area contributed by atoms with Gasteiger partial charge >= 0.3 is 0 Å². The highest BCUT2D eigenvalue weighted by Gasteiger charge is 2.14. The number of hydrogen-bond donors (Lipinski definition) is 0. The second-order valence-electron chi connectivity index (χ2n) is 7.12. The third-order valence-electron chi connectivity index (χ3n) is 5.02. The Morgan fingerprint density at radius 1 is 0.533 bits per heavy atom. The van der Waals surface area contributed by atoms with E-state index in [0.717, 1.165) is 41.8 Å². The van der Waals surface area contributed by atoms with Crippen molar-refractivity contribution in [1.29, 1.82) is 0 Å². The Bertz CT molecular complexity index is 1220. The molecule has 0 N–H and O–H groups in total. The van der Waals surface area contributed by atoms with Gasteiger partial charge in [-0.1, -0.05) is 48.5 Å². The monoisotopic (exact) mass is 430 g/mol. The van der Waals surface area contributed by atoms with Gasteiger partial charge in [0.25, 0.3) is 0 Å². The molecular weight excluding hydrogens is 408 g/mol. The summed E-state index contributed by atoms with van der Waals surface area (Å²) in [5.41, 5.74) is 4.21. The predicted octanol–water partition coefficient (Wildman–Crippen LogP) is 6.30. The summed E-state index contributed by atoms with van der Waals surface area (Å²) in [5.74, 6) is 0. The fourth-order valence-corrected chi connectivity index (χ4v) is 5.76. The van der Waals surface area contributed by atoms with Gasteiger partial charge in [0.2, 0.25) is 0 Å². The average molecular weight is 431 g/mol. The highest BCUT2D eigenvalue weighted by Crippen LogP contribution is 2.30. The lowest BCUT2D eigenvalue weighted by Gasteiger charge is -2.13. The van der Waals surface area contributed by atoms with Crippen LogP contribution in [0.3, 0.4) is 0 Å². The molecule has 30 heavy (non-hydrogen) atoms. The van der Waals surface area contributed by atoms with Crippen LogP contribution < -0.4 is 0 Å². The summed E-state index contributed by atoms with van der Waals surface area (Å²) < 4.78 is 25.7. The van der Waals surface area contributed by atoms with E-state index >= 15 is 0 Å². The van der Waals surface area contributed by atoms with E-state index in [0.29, 0.717) is 0 Å². The molecule has 0 aliphatic carbocycles. The standard InChI is InChI=1S/C26H22O2S2/c1-19-18-26(30(28)23-11-7-4-8-12-23)20(2)17-25(19)21-13-15-24(16-14-21)29(27)22-9-5-3-6-10-22/h3-18H,1-2H3. The molecule has 150 valence electrons. The van der Waals surface area contributed by atoms with E-state index < -0.39 is 21.6 Å². The average Bonchev–Trinajstić information content (AvgIpc) is 2.80. The number of hydrogen-bond acceptors (Lipinski definition) is 2. The third-order valence-corrected chi connectivity index (χ3v) is 7.96. The van der Waals surface area contributed by atoms with E-state index in [9.17, 15) is 8.42 Å². The van der Waals surface area contributed by atoms with Crippen molar-refractivity contribution in [3.05, 3.63) is 108 Å². The summed E-state index contributed by atoms with van der Waals surface area (Å²) in [4.78, 5) is 3.22. The largest absolute Gasteiger partial charge is 0.249 e. The lowest BCUT2D eigenvalue weighted by Crippen LogP contribution is -1.98. The normalized spacial score (nSPS) is 13.0. The van der Waals surface area contributed by atoms with E-state index in [1.807, 2.05) is 105 Å². The molecule has 0 bridgehead atoms. The molecule has 2 unspecified atom stereocenters. The molecular formula is C26H22O2S2. The molecule has 2 atom stereocenters. The lowest BCUT2D eigenvalue weighted by molar-refractivity contribution is 0.682. The quantitative estimate of drug-likeness (QED) is 0.372. The maximum atomic E-state index is 13.0. The van der Waals surface area contributed by atoms with Crippen molar-refractivity contribution in [3.63, 3.8) is 0 Å². The van der Waals surface area contributed by atoms with Crippen LogP contribution in [0.2, 0.25) is 0 Å². The van der Waals surface area contributed by atoms with Gasteiger partial charge in [-0.3, -0.25) is 0 Å². The molecule has 0 saturated heterocycles. The Labute approximate surface area is 182 Å². The van der Waals surface area contributed by atoms with E-state index in [2.05, 4.69) is 6.07 Å². The third kappa shape index (κ3) is 4.20. The molecule has 0 saturated carbocycles. The van der Waals surface area contributed by atoms with E-state index in [1.54, 1.807) is 0 Å². The van der Waals surface area contributed by atoms with Crippen LogP contribution in [0.1, 0.15) is 11.1 Å². The molecule has 4 aromatic rings. The Kier molecular flexibility index (Phi) is 6.07. The van der Waals surface area contributed by atoms with Gasteiger partial charge in [-0.2, -0.15) is 0 Å². The Hall–Kier alpha value is -2.82. The van der Waals surface area contributed by atoms with Crippen molar-refractivity contribution in [2.24, 2.45) is 0 Å². The molecule has 0 aromatic heterocycles. The van der Waals surface area contributed by atoms with Crippen molar-refractivity contribution in [3.8, 4) is 11.1 Å². The summed E-state index contributed by atoms with van der Waals surface area (Å²) in [6.07, 6.45) is 0. The zero-order valence-corrected chi connectivity index (χ0v) is 18.5. The Balaban J connectivity index is 1.64. The van der Waals surface area contributed by atoms with E-state index in [4.69, 9.17) is 0 Å². The summed E-state index contributed by atoms with van der Waals surface area (Å²) in [7, 11) is -2.40. The number of benzene rings is 4. The molecule has 4 rings (SSSR count). The molecule has 0 heterocycles. The van der Waals surface area contributed by atoms with Gasteiger partial charge in [0.15, 0.2) is 0 Å². The predicted molar refractivity (Wildman–Crippen MR) is 124 cm³/mol. The highest BCUT2D eigenvalue weighted by atomic mass is 32.2. The Morgan fingerprint density at radius 3 is 1.60 bits per heavy atom. The molecule has 0 aliphatic heterocycles. The van der Waals surface area contributed by atoms with E-state index in [1.165, 1.54) is 0 Å². The summed E-state index contributed by atoms with van der Waals surface area (Å²) in [6.45, 7) is 4.04.